The number of hydrogen-bond donors (Lipinski definition) is 2. The highest BCUT2D eigenvalue weighted by molar-refractivity contribution is 6.30. The van der Waals surface area contributed by atoms with Crippen LogP contribution in [-0.2, 0) is 27.3 Å². The van der Waals surface area contributed by atoms with E-state index >= 15 is 0 Å². The standard InChI is InChI=1S/C32H34ClN5O4/c33-25-13-10-23(11-14-25)12-15-29(40)36-18-16-32(17-19-36)31(42)37(22-38(32)26-7-2-1-3-8-26)21-28(39)35-20-24-6-4-5-9-27(24)30(34)41/h1-11,13-14H,12,15-22H2,(H2,34,41)(H,35,39). The van der Waals surface area contributed by atoms with Gasteiger partial charge in [-0.15, -0.1) is 0 Å². The van der Waals surface area contributed by atoms with E-state index in [1.807, 2.05) is 59.5 Å². The van der Waals surface area contributed by atoms with Crippen LogP contribution in [0.15, 0.2) is 78.9 Å². The normalized spacial score (nSPS) is 16.1. The number of aryl methyl sites for hydroxylation is 1. The summed E-state index contributed by atoms with van der Waals surface area (Å²) in [6.45, 7) is 1.18. The molecule has 0 radical (unpaired) electrons. The van der Waals surface area contributed by atoms with Crippen LogP contribution in [0.2, 0.25) is 5.02 Å². The Balaban J connectivity index is 1.24. The van der Waals surface area contributed by atoms with Crippen molar-refractivity contribution in [1.82, 2.24) is 15.1 Å². The molecule has 3 N–H and O–H groups in total. The summed E-state index contributed by atoms with van der Waals surface area (Å²) >= 11 is 5.97. The first kappa shape index (κ1) is 29.1. The van der Waals surface area contributed by atoms with E-state index in [0.29, 0.717) is 54.9 Å². The second kappa shape index (κ2) is 12.7. The fourth-order valence-corrected chi connectivity index (χ4v) is 5.97. The van der Waals surface area contributed by atoms with E-state index in [4.69, 9.17) is 17.3 Å². The van der Waals surface area contributed by atoms with Gasteiger partial charge in [0.2, 0.25) is 17.7 Å². The van der Waals surface area contributed by atoms with Crippen LogP contribution in [0.25, 0.3) is 0 Å². The Hall–Kier alpha value is -4.37. The minimum atomic E-state index is -0.840. The predicted octanol–water partition coefficient (Wildman–Crippen LogP) is 3.36. The van der Waals surface area contributed by atoms with Crippen molar-refractivity contribution in [2.45, 2.75) is 37.8 Å². The minimum absolute atomic E-state index is 0.0592. The first-order chi connectivity index (χ1) is 20.3. The lowest BCUT2D eigenvalue weighted by Crippen LogP contribution is -2.57. The molecule has 0 unspecified atom stereocenters. The van der Waals surface area contributed by atoms with Crippen molar-refractivity contribution in [2.75, 3.05) is 31.2 Å². The number of anilines is 1. The summed E-state index contributed by atoms with van der Waals surface area (Å²) in [6, 6.07) is 24.0. The first-order valence-corrected chi connectivity index (χ1v) is 14.4. The molecule has 2 fully saturated rings. The van der Waals surface area contributed by atoms with Crippen molar-refractivity contribution in [1.29, 1.82) is 0 Å². The predicted molar refractivity (Wildman–Crippen MR) is 161 cm³/mol. The Kier molecular flexibility index (Phi) is 8.77. The van der Waals surface area contributed by atoms with Gasteiger partial charge in [-0.2, -0.15) is 0 Å². The van der Waals surface area contributed by atoms with Crippen molar-refractivity contribution in [3.05, 3.63) is 101 Å². The number of carbonyl (C=O) groups excluding carboxylic acids is 4. The highest BCUT2D eigenvalue weighted by Crippen LogP contribution is 2.39. The van der Waals surface area contributed by atoms with Gasteiger partial charge < -0.3 is 25.8 Å². The molecule has 9 nitrogen and oxygen atoms in total. The van der Waals surface area contributed by atoms with Crippen molar-refractivity contribution in [3.63, 3.8) is 0 Å². The fourth-order valence-electron chi connectivity index (χ4n) is 5.85. The van der Waals surface area contributed by atoms with Crippen molar-refractivity contribution < 1.29 is 19.2 Å². The lowest BCUT2D eigenvalue weighted by Gasteiger charge is -2.43. The Morgan fingerprint density at radius 2 is 1.57 bits per heavy atom. The summed E-state index contributed by atoms with van der Waals surface area (Å²) in [4.78, 5) is 57.2. The molecule has 2 aliphatic rings. The van der Waals surface area contributed by atoms with Crippen LogP contribution in [0.1, 0.15) is 40.7 Å². The molecule has 5 rings (SSSR count). The van der Waals surface area contributed by atoms with Crippen molar-refractivity contribution in [3.8, 4) is 0 Å². The van der Waals surface area contributed by atoms with Gasteiger partial charge in [0.25, 0.3) is 5.91 Å². The van der Waals surface area contributed by atoms with Crippen LogP contribution in [0.3, 0.4) is 0 Å². The average molecular weight is 588 g/mol. The van der Waals surface area contributed by atoms with Crippen molar-refractivity contribution in [2.24, 2.45) is 5.73 Å². The average Bonchev–Trinajstić information content (AvgIpc) is 3.26. The van der Waals surface area contributed by atoms with E-state index in [9.17, 15) is 19.2 Å². The van der Waals surface area contributed by atoms with Crippen molar-refractivity contribution >= 4 is 40.9 Å². The number of carbonyl (C=O) groups is 4. The maximum atomic E-state index is 14.0. The molecule has 0 aromatic heterocycles. The van der Waals surface area contributed by atoms with Crippen LogP contribution in [0.4, 0.5) is 5.69 Å². The van der Waals surface area contributed by atoms with Crippen LogP contribution >= 0.6 is 11.6 Å². The zero-order valence-corrected chi connectivity index (χ0v) is 24.1. The number of nitrogens with zero attached hydrogens (tertiary/aromatic N) is 3. The smallest absolute Gasteiger partial charge is 0.250 e. The highest BCUT2D eigenvalue weighted by atomic mass is 35.5. The Bertz CT molecular complexity index is 1460. The number of hydrogen-bond acceptors (Lipinski definition) is 5. The minimum Gasteiger partial charge on any atom is -0.366 e. The van der Waals surface area contributed by atoms with Gasteiger partial charge in [0.05, 0.1) is 6.67 Å². The van der Waals surface area contributed by atoms with Gasteiger partial charge in [-0.25, -0.2) is 0 Å². The third-order valence-corrected chi connectivity index (χ3v) is 8.41. The fraction of sp³-hybridized carbons (Fsp3) is 0.312. The van der Waals surface area contributed by atoms with E-state index in [0.717, 1.165) is 11.3 Å². The summed E-state index contributed by atoms with van der Waals surface area (Å²) in [6.07, 6.45) is 1.95. The number of likely N-dealkylation sites (tertiary alicyclic amines) is 1. The molecule has 218 valence electrons. The van der Waals surface area contributed by atoms with Crippen LogP contribution in [-0.4, -0.2) is 65.3 Å². The molecule has 10 heteroatoms. The number of piperidine rings is 1. The topological polar surface area (TPSA) is 116 Å². The molecule has 3 aromatic carbocycles. The summed E-state index contributed by atoms with van der Waals surface area (Å²) < 4.78 is 0. The number of para-hydroxylation sites is 1. The zero-order chi connectivity index (χ0) is 29.7. The largest absolute Gasteiger partial charge is 0.366 e. The van der Waals surface area contributed by atoms with Crippen LogP contribution in [0.5, 0.6) is 0 Å². The van der Waals surface area contributed by atoms with Gasteiger partial charge in [0, 0.05) is 42.3 Å². The molecule has 0 bridgehead atoms. The molecular formula is C32H34ClN5O4. The molecule has 2 heterocycles. The molecule has 0 aliphatic carbocycles. The zero-order valence-electron chi connectivity index (χ0n) is 23.3. The van der Waals surface area contributed by atoms with Gasteiger partial charge in [-0.3, -0.25) is 19.2 Å². The van der Waals surface area contributed by atoms with E-state index in [1.165, 1.54) is 0 Å². The molecule has 2 aliphatic heterocycles. The quantitative estimate of drug-likeness (QED) is 0.398. The molecular weight excluding hydrogens is 554 g/mol. The Morgan fingerprint density at radius 3 is 2.26 bits per heavy atom. The monoisotopic (exact) mass is 587 g/mol. The number of primary amides is 1. The maximum absolute atomic E-state index is 14.0. The third-order valence-electron chi connectivity index (χ3n) is 8.16. The Labute approximate surface area is 250 Å². The SMILES string of the molecule is NC(=O)c1ccccc1CNC(=O)CN1CN(c2ccccc2)C2(CCN(C(=O)CCc3ccc(Cl)cc3)CC2)C1=O. The van der Waals surface area contributed by atoms with Gasteiger partial charge in [-0.1, -0.05) is 60.1 Å². The number of nitrogens with two attached hydrogens (primary N) is 1. The second-order valence-electron chi connectivity index (χ2n) is 10.7. The maximum Gasteiger partial charge on any atom is 0.250 e. The summed E-state index contributed by atoms with van der Waals surface area (Å²) in [7, 11) is 0. The summed E-state index contributed by atoms with van der Waals surface area (Å²) in [5, 5.41) is 3.48. The molecule has 1 spiro atoms. The lowest BCUT2D eigenvalue weighted by atomic mass is 9.85. The third kappa shape index (κ3) is 6.26. The van der Waals surface area contributed by atoms with E-state index in [2.05, 4.69) is 10.2 Å². The van der Waals surface area contributed by atoms with E-state index in [-0.39, 0.29) is 37.5 Å². The van der Waals surface area contributed by atoms with Crippen LogP contribution in [0, 0.1) is 0 Å². The number of nitrogens with one attached hydrogen (secondary N) is 1. The van der Waals surface area contributed by atoms with Gasteiger partial charge in [-0.05, 0) is 60.7 Å². The van der Waals surface area contributed by atoms with Gasteiger partial charge in [0.15, 0.2) is 0 Å². The second-order valence-corrected chi connectivity index (χ2v) is 11.2. The number of amides is 4. The van der Waals surface area contributed by atoms with E-state index in [1.54, 1.807) is 29.2 Å². The molecule has 42 heavy (non-hydrogen) atoms. The Morgan fingerprint density at radius 1 is 0.905 bits per heavy atom. The van der Waals surface area contributed by atoms with Crippen LogP contribution < -0.4 is 16.0 Å². The summed E-state index contributed by atoms with van der Waals surface area (Å²) in [5.74, 6) is -0.955. The lowest BCUT2D eigenvalue weighted by molar-refractivity contribution is -0.140. The summed E-state index contributed by atoms with van der Waals surface area (Å²) in [5.41, 5.74) is 7.52. The first-order valence-electron chi connectivity index (χ1n) is 14.1. The molecule has 4 amide bonds. The highest BCUT2D eigenvalue weighted by Gasteiger charge is 2.54. The number of benzene rings is 3. The van der Waals surface area contributed by atoms with E-state index < -0.39 is 11.4 Å². The van der Waals surface area contributed by atoms with Gasteiger partial charge >= 0.3 is 0 Å². The molecule has 0 atom stereocenters. The van der Waals surface area contributed by atoms with Gasteiger partial charge in [0.1, 0.15) is 12.1 Å². The molecule has 3 aromatic rings. The number of rotatable bonds is 9. The molecule has 0 saturated carbocycles. The molecule has 2 saturated heterocycles. The number of halogens is 1.